The maximum atomic E-state index is 11.9. The molecule has 0 heterocycles. The number of aryl methyl sites for hydroxylation is 2. The van der Waals surface area contributed by atoms with E-state index >= 15 is 0 Å². The molecule has 0 bridgehead atoms. The van der Waals surface area contributed by atoms with Crippen molar-refractivity contribution in [2.24, 2.45) is 0 Å². The van der Waals surface area contributed by atoms with Gasteiger partial charge in [-0.15, -0.1) is 0 Å². The SMILES string of the molecule is CCCCOCC(=O)c1ccc2c(c1)CCC2. The number of carbonyl (C=O) groups excluding carboxylic acids is 1. The molecule has 1 aromatic rings. The summed E-state index contributed by atoms with van der Waals surface area (Å²) in [7, 11) is 0. The molecule has 0 amide bonds. The second kappa shape index (κ2) is 5.97. The predicted molar refractivity (Wildman–Crippen MR) is 68.5 cm³/mol. The van der Waals surface area contributed by atoms with Gasteiger partial charge in [0.2, 0.25) is 0 Å². The van der Waals surface area contributed by atoms with Crippen LogP contribution in [-0.2, 0) is 17.6 Å². The van der Waals surface area contributed by atoms with Crippen molar-refractivity contribution in [2.75, 3.05) is 13.2 Å². The standard InChI is InChI=1S/C15H20O2/c1-2-3-9-17-11-15(16)14-8-7-12-5-4-6-13(12)10-14/h7-8,10H,2-6,9,11H2,1H3. The Kier molecular flexibility index (Phi) is 4.32. The second-order valence-electron chi connectivity index (χ2n) is 4.67. The van der Waals surface area contributed by atoms with E-state index in [-0.39, 0.29) is 12.4 Å². The van der Waals surface area contributed by atoms with Crippen molar-refractivity contribution in [1.29, 1.82) is 0 Å². The van der Waals surface area contributed by atoms with E-state index in [0.717, 1.165) is 31.2 Å². The summed E-state index contributed by atoms with van der Waals surface area (Å²) in [6, 6.07) is 6.09. The lowest BCUT2D eigenvalue weighted by Crippen LogP contribution is -2.10. The molecule has 0 aromatic heterocycles. The van der Waals surface area contributed by atoms with E-state index in [0.29, 0.717) is 6.61 Å². The zero-order chi connectivity index (χ0) is 12.1. The van der Waals surface area contributed by atoms with Crippen LogP contribution in [0, 0.1) is 0 Å². The monoisotopic (exact) mass is 232 g/mol. The van der Waals surface area contributed by atoms with Gasteiger partial charge in [-0.1, -0.05) is 25.5 Å². The van der Waals surface area contributed by atoms with E-state index < -0.39 is 0 Å². The van der Waals surface area contributed by atoms with Gasteiger partial charge in [0, 0.05) is 12.2 Å². The maximum absolute atomic E-state index is 11.9. The number of ether oxygens (including phenoxy) is 1. The molecule has 0 atom stereocenters. The minimum absolute atomic E-state index is 0.107. The van der Waals surface area contributed by atoms with Gasteiger partial charge in [0.15, 0.2) is 5.78 Å². The number of unbranched alkanes of at least 4 members (excludes halogenated alkanes) is 1. The summed E-state index contributed by atoms with van der Waals surface area (Å²) in [5.74, 6) is 0.107. The fourth-order valence-electron chi connectivity index (χ4n) is 2.24. The average molecular weight is 232 g/mol. The smallest absolute Gasteiger partial charge is 0.188 e. The zero-order valence-electron chi connectivity index (χ0n) is 10.5. The largest absolute Gasteiger partial charge is 0.373 e. The van der Waals surface area contributed by atoms with Crippen LogP contribution < -0.4 is 0 Å². The van der Waals surface area contributed by atoms with E-state index in [1.165, 1.54) is 17.5 Å². The third kappa shape index (κ3) is 3.16. The third-order valence-electron chi connectivity index (χ3n) is 3.30. The van der Waals surface area contributed by atoms with Gasteiger partial charge < -0.3 is 4.74 Å². The molecule has 92 valence electrons. The van der Waals surface area contributed by atoms with Crippen molar-refractivity contribution in [2.45, 2.75) is 39.0 Å². The minimum Gasteiger partial charge on any atom is -0.373 e. The van der Waals surface area contributed by atoms with Gasteiger partial charge in [-0.3, -0.25) is 4.79 Å². The Morgan fingerprint density at radius 2 is 2.12 bits per heavy atom. The van der Waals surface area contributed by atoms with Crippen LogP contribution in [0.15, 0.2) is 18.2 Å². The first-order valence-corrected chi connectivity index (χ1v) is 6.54. The van der Waals surface area contributed by atoms with E-state index in [1.54, 1.807) is 0 Å². The first-order chi connectivity index (χ1) is 8.31. The highest BCUT2D eigenvalue weighted by atomic mass is 16.5. The number of Topliss-reactive ketones (excluding diaryl/α,β-unsaturated/α-hetero) is 1. The van der Waals surface area contributed by atoms with Gasteiger partial charge in [-0.05, 0) is 42.9 Å². The molecule has 0 saturated carbocycles. The van der Waals surface area contributed by atoms with Crippen molar-refractivity contribution < 1.29 is 9.53 Å². The molecule has 17 heavy (non-hydrogen) atoms. The minimum atomic E-state index is 0.107. The Hall–Kier alpha value is -1.15. The Balaban J connectivity index is 1.91. The van der Waals surface area contributed by atoms with E-state index in [1.807, 2.05) is 12.1 Å². The number of rotatable bonds is 6. The molecule has 0 radical (unpaired) electrons. The molecule has 0 saturated heterocycles. The molecule has 0 spiro atoms. The number of fused-ring (bicyclic) bond motifs is 1. The number of ketones is 1. The van der Waals surface area contributed by atoms with Crippen LogP contribution in [0.25, 0.3) is 0 Å². The molecule has 2 nitrogen and oxygen atoms in total. The molecule has 0 unspecified atom stereocenters. The van der Waals surface area contributed by atoms with Crippen molar-refractivity contribution >= 4 is 5.78 Å². The van der Waals surface area contributed by atoms with Gasteiger partial charge in [-0.2, -0.15) is 0 Å². The lowest BCUT2D eigenvalue weighted by molar-refractivity contribution is 0.0754. The average Bonchev–Trinajstić information content (AvgIpc) is 2.81. The Labute approximate surface area is 103 Å². The van der Waals surface area contributed by atoms with Crippen LogP contribution in [-0.4, -0.2) is 19.0 Å². The highest BCUT2D eigenvalue weighted by Gasteiger charge is 2.13. The fraction of sp³-hybridized carbons (Fsp3) is 0.533. The molecule has 0 fully saturated rings. The van der Waals surface area contributed by atoms with Gasteiger partial charge in [0.25, 0.3) is 0 Å². The fourth-order valence-corrected chi connectivity index (χ4v) is 2.24. The van der Waals surface area contributed by atoms with Crippen LogP contribution in [0.2, 0.25) is 0 Å². The van der Waals surface area contributed by atoms with Crippen LogP contribution in [0.5, 0.6) is 0 Å². The van der Waals surface area contributed by atoms with Gasteiger partial charge in [0.05, 0.1) is 0 Å². The van der Waals surface area contributed by atoms with Gasteiger partial charge >= 0.3 is 0 Å². The first-order valence-electron chi connectivity index (χ1n) is 6.54. The topological polar surface area (TPSA) is 26.3 Å². The summed E-state index contributed by atoms with van der Waals surface area (Å²) < 4.78 is 5.36. The summed E-state index contributed by atoms with van der Waals surface area (Å²) in [6.45, 7) is 3.03. The molecule has 2 heteroatoms. The second-order valence-corrected chi connectivity index (χ2v) is 4.67. The number of hydrogen-bond acceptors (Lipinski definition) is 2. The Morgan fingerprint density at radius 3 is 2.94 bits per heavy atom. The predicted octanol–water partition coefficient (Wildman–Crippen LogP) is 3.17. The molecule has 2 rings (SSSR count). The molecule has 0 aliphatic heterocycles. The van der Waals surface area contributed by atoms with Crippen LogP contribution in [0.3, 0.4) is 0 Å². The van der Waals surface area contributed by atoms with Crippen molar-refractivity contribution in [3.05, 3.63) is 34.9 Å². The molecular weight excluding hydrogens is 212 g/mol. The number of benzene rings is 1. The Bertz CT molecular complexity index is 396. The van der Waals surface area contributed by atoms with Crippen molar-refractivity contribution in [3.8, 4) is 0 Å². The van der Waals surface area contributed by atoms with Crippen molar-refractivity contribution in [3.63, 3.8) is 0 Å². The van der Waals surface area contributed by atoms with Crippen LogP contribution in [0.4, 0.5) is 0 Å². The highest BCUT2D eigenvalue weighted by molar-refractivity contribution is 5.97. The van der Waals surface area contributed by atoms with E-state index in [4.69, 9.17) is 4.74 Å². The summed E-state index contributed by atoms with van der Waals surface area (Å²) >= 11 is 0. The normalized spacial score (nSPS) is 13.7. The third-order valence-corrected chi connectivity index (χ3v) is 3.30. The van der Waals surface area contributed by atoms with E-state index in [2.05, 4.69) is 13.0 Å². The highest BCUT2D eigenvalue weighted by Crippen LogP contribution is 2.22. The summed E-state index contributed by atoms with van der Waals surface area (Å²) in [4.78, 5) is 11.9. The maximum Gasteiger partial charge on any atom is 0.188 e. The molecule has 1 aliphatic rings. The number of carbonyl (C=O) groups is 1. The van der Waals surface area contributed by atoms with Gasteiger partial charge in [0.1, 0.15) is 6.61 Å². The first kappa shape index (κ1) is 12.3. The Morgan fingerprint density at radius 1 is 1.29 bits per heavy atom. The van der Waals surface area contributed by atoms with Crippen LogP contribution in [0.1, 0.15) is 47.7 Å². The molecular formula is C15H20O2. The molecule has 0 N–H and O–H groups in total. The van der Waals surface area contributed by atoms with E-state index in [9.17, 15) is 4.79 Å². The summed E-state index contributed by atoms with van der Waals surface area (Å²) in [6.07, 6.45) is 5.63. The summed E-state index contributed by atoms with van der Waals surface area (Å²) in [5, 5.41) is 0. The quantitative estimate of drug-likeness (QED) is 0.556. The lowest BCUT2D eigenvalue weighted by Gasteiger charge is -2.05. The van der Waals surface area contributed by atoms with Crippen LogP contribution >= 0.6 is 0 Å². The number of hydrogen-bond donors (Lipinski definition) is 0. The molecule has 1 aromatic carbocycles. The van der Waals surface area contributed by atoms with Crippen molar-refractivity contribution in [1.82, 2.24) is 0 Å². The zero-order valence-corrected chi connectivity index (χ0v) is 10.5. The van der Waals surface area contributed by atoms with Gasteiger partial charge in [-0.25, -0.2) is 0 Å². The lowest BCUT2D eigenvalue weighted by atomic mass is 10.0. The summed E-state index contributed by atoms with van der Waals surface area (Å²) in [5.41, 5.74) is 3.57. The molecule has 1 aliphatic carbocycles.